The number of rotatable bonds is 5. The number of carbonyl (C=O) groups is 1. The Labute approximate surface area is 161 Å². The maximum absolute atomic E-state index is 13.3. The molecule has 146 valence electrons. The molecule has 1 aromatic carbocycles. The smallest absolute Gasteiger partial charge is 0.423 e. The third-order valence-corrected chi connectivity index (χ3v) is 4.28. The number of hydrogen-bond donors (Lipinski definition) is 4. The van der Waals surface area contributed by atoms with E-state index in [1.165, 1.54) is 6.07 Å². The number of nitrogens with zero attached hydrogens (tertiary/aromatic N) is 2. The van der Waals surface area contributed by atoms with Gasteiger partial charge in [-0.2, -0.15) is 13.2 Å². The second-order valence-corrected chi connectivity index (χ2v) is 7.32. The molecule has 1 unspecified atom stereocenters. The van der Waals surface area contributed by atoms with Crippen molar-refractivity contribution in [2.45, 2.75) is 16.9 Å². The molecule has 5 N–H and O–H groups in total. The zero-order valence-electron chi connectivity index (χ0n) is 15.4. The molecule has 28 heavy (non-hydrogen) atoms. The Bertz CT molecular complexity index is 922. The third-order valence-electron chi connectivity index (χ3n) is 4.28. The van der Waals surface area contributed by atoms with E-state index in [-0.39, 0.29) is 17.1 Å². The molecule has 2 aromatic rings. The first-order valence-electron chi connectivity index (χ1n) is 8.13. The van der Waals surface area contributed by atoms with Crippen molar-refractivity contribution in [2.24, 2.45) is 0 Å². The van der Waals surface area contributed by atoms with Crippen LogP contribution in [0.5, 0.6) is 0 Å². The standard InChI is InChI=1S/C15H17B3F3N3O4/c16-14(17,18)8-2-1-6(13(28,5-25)15(19,20)21)3-7(8)9-4-23-11(22)10(24-9)12(26)27/h1-4,25,28H,5,16-18H2,(H2,22,23)(H,26,27). The number of carboxylic acid groups (broad SMARTS) is 1. The number of anilines is 1. The number of aliphatic hydroxyl groups excluding tert-OH is 1. The lowest BCUT2D eigenvalue weighted by Gasteiger charge is -2.31. The van der Waals surface area contributed by atoms with E-state index in [4.69, 9.17) is 5.73 Å². The minimum Gasteiger partial charge on any atom is -0.476 e. The summed E-state index contributed by atoms with van der Waals surface area (Å²) < 4.78 is 40.0. The van der Waals surface area contributed by atoms with Gasteiger partial charge in [-0.3, -0.25) is 0 Å². The van der Waals surface area contributed by atoms with Crippen LogP contribution < -0.4 is 5.73 Å². The van der Waals surface area contributed by atoms with Crippen LogP contribution in [0.3, 0.4) is 0 Å². The topological polar surface area (TPSA) is 130 Å². The average molecular weight is 393 g/mol. The SMILES string of the molecule is BC(B)(B)c1ccc(C(O)(CO)C(F)(F)F)cc1-c1cnc(N)c(C(=O)O)n1. The van der Waals surface area contributed by atoms with Crippen molar-refractivity contribution in [3.8, 4) is 11.3 Å². The van der Waals surface area contributed by atoms with Gasteiger partial charge in [0.2, 0.25) is 5.60 Å². The van der Waals surface area contributed by atoms with E-state index in [1.807, 2.05) is 0 Å². The molecule has 1 heterocycles. The number of halogens is 3. The molecule has 13 heteroatoms. The summed E-state index contributed by atoms with van der Waals surface area (Å²) in [7, 11) is 5.41. The van der Waals surface area contributed by atoms with Crippen LogP contribution in [0.15, 0.2) is 24.4 Å². The van der Waals surface area contributed by atoms with Gasteiger partial charge in [0.15, 0.2) is 11.5 Å². The minimum atomic E-state index is -5.14. The monoisotopic (exact) mass is 393 g/mol. The highest BCUT2D eigenvalue weighted by atomic mass is 19.4. The van der Waals surface area contributed by atoms with Crippen molar-refractivity contribution in [2.75, 3.05) is 12.3 Å². The van der Waals surface area contributed by atoms with Gasteiger partial charge in [-0.1, -0.05) is 22.8 Å². The highest BCUT2D eigenvalue weighted by Crippen LogP contribution is 2.41. The van der Waals surface area contributed by atoms with Gasteiger partial charge in [0.05, 0.1) is 42.0 Å². The zero-order valence-corrected chi connectivity index (χ0v) is 15.4. The van der Waals surface area contributed by atoms with E-state index in [0.717, 1.165) is 18.3 Å². The van der Waals surface area contributed by atoms with E-state index in [2.05, 4.69) is 9.97 Å². The van der Waals surface area contributed by atoms with Crippen molar-refractivity contribution >= 4 is 35.3 Å². The van der Waals surface area contributed by atoms with Crippen molar-refractivity contribution in [1.29, 1.82) is 0 Å². The maximum atomic E-state index is 13.3. The predicted molar refractivity (Wildman–Crippen MR) is 103 cm³/mol. The number of alkyl halides is 3. The molecule has 1 atom stereocenters. The van der Waals surface area contributed by atoms with E-state index < -0.39 is 40.7 Å². The van der Waals surface area contributed by atoms with E-state index >= 15 is 0 Å². The van der Waals surface area contributed by atoms with Gasteiger partial charge >= 0.3 is 12.1 Å². The molecule has 2 rings (SSSR count). The molecule has 0 aliphatic rings. The predicted octanol–water partition coefficient (Wildman–Crippen LogP) is -1.82. The van der Waals surface area contributed by atoms with Gasteiger partial charge in [-0.15, -0.1) is 0 Å². The van der Waals surface area contributed by atoms with Gasteiger partial charge in [0, 0.05) is 5.56 Å². The van der Waals surface area contributed by atoms with Gasteiger partial charge in [0.1, 0.15) is 0 Å². The number of nitrogen functional groups attached to an aromatic ring is 1. The quantitative estimate of drug-likeness (QED) is 0.441. The number of hydrogen-bond acceptors (Lipinski definition) is 6. The van der Waals surface area contributed by atoms with Crippen molar-refractivity contribution in [3.05, 3.63) is 41.2 Å². The number of aliphatic hydroxyl groups is 2. The van der Waals surface area contributed by atoms with Gasteiger partial charge < -0.3 is 21.1 Å². The Morgan fingerprint density at radius 3 is 2.29 bits per heavy atom. The number of nitrogens with two attached hydrogens (primary N) is 1. The summed E-state index contributed by atoms with van der Waals surface area (Å²) in [6.07, 6.45) is -4.00. The van der Waals surface area contributed by atoms with Crippen LogP contribution >= 0.6 is 0 Å². The van der Waals surface area contributed by atoms with Crippen LogP contribution in [0, 0.1) is 0 Å². The number of benzene rings is 1. The number of aromatic carboxylic acids is 1. The maximum Gasteiger partial charge on any atom is 0.423 e. The number of aromatic nitrogens is 2. The summed E-state index contributed by atoms with van der Waals surface area (Å²) in [5, 5.41) is 27.9. The Balaban J connectivity index is 2.81. The second kappa shape index (κ2) is 7.14. The average Bonchev–Trinajstić information content (AvgIpc) is 2.58. The lowest BCUT2D eigenvalue weighted by Crippen LogP contribution is -2.45. The molecule has 0 amide bonds. The van der Waals surface area contributed by atoms with Crippen LogP contribution in [0.1, 0.15) is 21.6 Å². The van der Waals surface area contributed by atoms with Crippen molar-refractivity contribution in [1.82, 2.24) is 9.97 Å². The Kier molecular flexibility index (Phi) is 5.55. The zero-order chi connectivity index (χ0) is 21.5. The van der Waals surface area contributed by atoms with Crippen LogP contribution in [-0.4, -0.2) is 67.6 Å². The highest BCUT2D eigenvalue weighted by Gasteiger charge is 2.55. The highest BCUT2D eigenvalue weighted by molar-refractivity contribution is 6.59. The molecule has 0 radical (unpaired) electrons. The number of carboxylic acids is 1. The summed E-state index contributed by atoms with van der Waals surface area (Å²) in [5.74, 6) is -1.78. The largest absolute Gasteiger partial charge is 0.476 e. The van der Waals surface area contributed by atoms with E-state index in [9.17, 15) is 33.3 Å². The van der Waals surface area contributed by atoms with Crippen molar-refractivity contribution < 1.29 is 33.3 Å². The first-order chi connectivity index (χ1) is 12.7. The Hall–Kier alpha value is -2.53. The summed E-state index contributed by atoms with van der Waals surface area (Å²) in [6, 6.07) is 3.46. The summed E-state index contributed by atoms with van der Waals surface area (Å²) in [5.41, 5.74) is 1.49. The summed E-state index contributed by atoms with van der Waals surface area (Å²) >= 11 is 0. The molecule has 0 fully saturated rings. The van der Waals surface area contributed by atoms with Crippen LogP contribution in [0.2, 0.25) is 0 Å². The minimum absolute atomic E-state index is 0.0270. The fraction of sp³-hybridized carbons (Fsp3) is 0.267. The fourth-order valence-corrected chi connectivity index (χ4v) is 2.70. The Morgan fingerprint density at radius 1 is 1.21 bits per heavy atom. The molecule has 0 saturated heterocycles. The van der Waals surface area contributed by atoms with Crippen LogP contribution in [0.4, 0.5) is 19.0 Å². The normalized spacial score (nSPS) is 14.5. The summed E-state index contributed by atoms with van der Waals surface area (Å²) in [4.78, 5) is 19.0. The molecule has 0 spiro atoms. The summed E-state index contributed by atoms with van der Waals surface area (Å²) in [6.45, 7) is -1.58. The molecule has 0 bridgehead atoms. The third kappa shape index (κ3) is 3.85. The van der Waals surface area contributed by atoms with E-state index in [1.54, 1.807) is 23.5 Å². The van der Waals surface area contributed by atoms with Gasteiger partial charge in [-0.05, 0) is 11.6 Å². The molecular formula is C15H17B3F3N3O4. The van der Waals surface area contributed by atoms with Crippen LogP contribution in [-0.2, 0) is 10.7 Å². The second-order valence-electron chi connectivity index (χ2n) is 7.32. The molecule has 7 nitrogen and oxygen atoms in total. The molecule has 0 saturated carbocycles. The molecule has 0 aliphatic heterocycles. The lowest BCUT2D eigenvalue weighted by molar-refractivity contribution is -0.277. The lowest BCUT2D eigenvalue weighted by atomic mass is 9.39. The van der Waals surface area contributed by atoms with Crippen molar-refractivity contribution in [3.63, 3.8) is 0 Å². The fourth-order valence-electron chi connectivity index (χ4n) is 2.70. The first-order valence-corrected chi connectivity index (χ1v) is 8.13. The van der Waals surface area contributed by atoms with Gasteiger partial charge in [-0.25, -0.2) is 14.8 Å². The molecular weight excluding hydrogens is 376 g/mol. The first kappa shape index (κ1) is 21.8. The molecule has 1 aromatic heterocycles. The van der Waals surface area contributed by atoms with E-state index in [0.29, 0.717) is 5.56 Å². The van der Waals surface area contributed by atoms with Crippen LogP contribution in [0.25, 0.3) is 11.3 Å². The van der Waals surface area contributed by atoms with Gasteiger partial charge in [0.25, 0.3) is 0 Å². The Morgan fingerprint density at radius 2 is 1.82 bits per heavy atom. The molecule has 0 aliphatic carbocycles.